The number of halogens is 1. The lowest BCUT2D eigenvalue weighted by molar-refractivity contribution is -0.124. The molecule has 6 nitrogen and oxygen atoms in total. The molecular formula is C23H23FN4O2. The Hall–Kier alpha value is -3.74. The minimum atomic E-state index is -0.397. The summed E-state index contributed by atoms with van der Waals surface area (Å²) < 4.78 is 15.0. The lowest BCUT2D eigenvalue weighted by atomic mass is 10.1. The topological polar surface area (TPSA) is 76.0 Å². The number of hydrogen-bond acceptors (Lipinski definition) is 3. The minimum Gasteiger partial charge on any atom is -0.352 e. The van der Waals surface area contributed by atoms with Gasteiger partial charge in [0.1, 0.15) is 5.82 Å². The average Bonchev–Trinajstić information content (AvgIpc) is 3.16. The number of benzene rings is 2. The van der Waals surface area contributed by atoms with E-state index in [1.165, 1.54) is 18.2 Å². The maximum absolute atomic E-state index is 13.3. The first-order valence-electron chi connectivity index (χ1n) is 9.58. The van der Waals surface area contributed by atoms with Gasteiger partial charge in [0.05, 0.1) is 17.9 Å². The second kappa shape index (κ2) is 9.65. The van der Waals surface area contributed by atoms with Crippen LogP contribution in [-0.2, 0) is 9.59 Å². The zero-order valence-electron chi connectivity index (χ0n) is 16.8. The summed E-state index contributed by atoms with van der Waals surface area (Å²) in [6.07, 6.45) is 4.77. The van der Waals surface area contributed by atoms with E-state index in [0.29, 0.717) is 11.3 Å². The normalized spacial score (nSPS) is 11.1. The molecule has 154 valence electrons. The molecule has 0 fully saturated rings. The van der Waals surface area contributed by atoms with Crippen molar-refractivity contribution in [1.82, 2.24) is 20.4 Å². The summed E-state index contributed by atoms with van der Waals surface area (Å²) in [5.41, 5.74) is 2.88. The van der Waals surface area contributed by atoms with Crippen LogP contribution in [0.2, 0.25) is 0 Å². The molecule has 0 saturated heterocycles. The smallest absolute Gasteiger partial charge is 0.244 e. The monoisotopic (exact) mass is 406 g/mol. The number of nitrogens with one attached hydrogen (secondary N) is 2. The van der Waals surface area contributed by atoms with Crippen LogP contribution in [0.4, 0.5) is 4.39 Å². The van der Waals surface area contributed by atoms with Gasteiger partial charge in [-0.3, -0.25) is 9.59 Å². The number of nitrogens with zero attached hydrogens (tertiary/aromatic N) is 2. The highest BCUT2D eigenvalue weighted by Crippen LogP contribution is 2.25. The molecule has 30 heavy (non-hydrogen) atoms. The first-order valence-corrected chi connectivity index (χ1v) is 9.58. The Morgan fingerprint density at radius 3 is 2.47 bits per heavy atom. The minimum absolute atomic E-state index is 0.00652. The molecule has 0 aliphatic heterocycles. The van der Waals surface area contributed by atoms with E-state index in [9.17, 15) is 14.0 Å². The van der Waals surface area contributed by atoms with Gasteiger partial charge in [0.2, 0.25) is 11.8 Å². The van der Waals surface area contributed by atoms with Crippen LogP contribution in [0.3, 0.4) is 0 Å². The Bertz CT molecular complexity index is 1040. The van der Waals surface area contributed by atoms with Crippen molar-refractivity contribution in [3.63, 3.8) is 0 Å². The maximum atomic E-state index is 13.3. The fraction of sp³-hybridized carbons (Fsp3) is 0.174. The van der Waals surface area contributed by atoms with Gasteiger partial charge in [0, 0.05) is 29.4 Å². The molecule has 7 heteroatoms. The largest absolute Gasteiger partial charge is 0.352 e. The maximum Gasteiger partial charge on any atom is 0.244 e. The van der Waals surface area contributed by atoms with Crippen LogP contribution in [0.5, 0.6) is 0 Å². The molecule has 0 unspecified atom stereocenters. The average molecular weight is 406 g/mol. The third-order valence-electron chi connectivity index (χ3n) is 4.17. The van der Waals surface area contributed by atoms with Crippen molar-refractivity contribution >= 4 is 17.9 Å². The van der Waals surface area contributed by atoms with E-state index in [-0.39, 0.29) is 24.3 Å². The van der Waals surface area contributed by atoms with Crippen molar-refractivity contribution in [2.45, 2.75) is 19.9 Å². The molecule has 3 aromatic rings. The van der Waals surface area contributed by atoms with Crippen LogP contribution < -0.4 is 10.6 Å². The van der Waals surface area contributed by atoms with Crippen molar-refractivity contribution in [3.8, 4) is 16.9 Å². The molecular weight excluding hydrogens is 383 g/mol. The van der Waals surface area contributed by atoms with Gasteiger partial charge in [0.15, 0.2) is 0 Å². The van der Waals surface area contributed by atoms with Crippen molar-refractivity contribution in [2.75, 3.05) is 6.54 Å². The van der Waals surface area contributed by atoms with Gasteiger partial charge in [-0.1, -0.05) is 18.2 Å². The number of hydrogen-bond donors (Lipinski definition) is 2. The van der Waals surface area contributed by atoms with Crippen LogP contribution in [0.25, 0.3) is 23.0 Å². The number of amides is 2. The van der Waals surface area contributed by atoms with E-state index < -0.39 is 5.91 Å². The fourth-order valence-electron chi connectivity index (χ4n) is 2.82. The predicted octanol–water partition coefficient (Wildman–Crippen LogP) is 3.33. The summed E-state index contributed by atoms with van der Waals surface area (Å²) in [5.74, 6) is -0.987. The van der Waals surface area contributed by atoms with Gasteiger partial charge in [-0.15, -0.1) is 0 Å². The molecule has 2 N–H and O–H groups in total. The second-order valence-corrected chi connectivity index (χ2v) is 6.99. The van der Waals surface area contributed by atoms with Crippen molar-refractivity contribution in [2.24, 2.45) is 0 Å². The van der Waals surface area contributed by atoms with E-state index in [1.807, 2.05) is 44.2 Å². The Morgan fingerprint density at radius 1 is 1.10 bits per heavy atom. The van der Waals surface area contributed by atoms with E-state index in [4.69, 9.17) is 0 Å². The van der Waals surface area contributed by atoms with Crippen LogP contribution in [0, 0.1) is 5.82 Å². The number of para-hydroxylation sites is 1. The Morgan fingerprint density at radius 2 is 1.80 bits per heavy atom. The highest BCUT2D eigenvalue weighted by molar-refractivity contribution is 5.95. The summed E-state index contributed by atoms with van der Waals surface area (Å²) in [6, 6.07) is 15.6. The van der Waals surface area contributed by atoms with Crippen LogP contribution in [0.1, 0.15) is 19.4 Å². The van der Waals surface area contributed by atoms with Gasteiger partial charge in [-0.25, -0.2) is 9.07 Å². The number of aromatic nitrogens is 2. The van der Waals surface area contributed by atoms with E-state index in [2.05, 4.69) is 15.7 Å². The van der Waals surface area contributed by atoms with E-state index in [1.54, 1.807) is 29.1 Å². The molecule has 0 atom stereocenters. The van der Waals surface area contributed by atoms with Crippen molar-refractivity contribution in [3.05, 3.63) is 78.3 Å². The molecule has 0 radical (unpaired) electrons. The fourth-order valence-corrected chi connectivity index (χ4v) is 2.82. The quantitative estimate of drug-likeness (QED) is 0.591. The van der Waals surface area contributed by atoms with Gasteiger partial charge >= 0.3 is 0 Å². The summed E-state index contributed by atoms with van der Waals surface area (Å²) >= 11 is 0. The molecule has 1 aromatic heterocycles. The third kappa shape index (κ3) is 5.64. The Balaban J connectivity index is 1.82. The Kier molecular flexibility index (Phi) is 6.75. The predicted molar refractivity (Wildman–Crippen MR) is 114 cm³/mol. The second-order valence-electron chi connectivity index (χ2n) is 6.99. The number of carbonyl (C=O) groups excluding carboxylic acids is 2. The highest BCUT2D eigenvalue weighted by Gasteiger charge is 2.11. The number of carbonyl (C=O) groups is 2. The Labute approximate surface area is 174 Å². The van der Waals surface area contributed by atoms with Gasteiger partial charge in [0.25, 0.3) is 0 Å². The lowest BCUT2D eigenvalue weighted by Gasteiger charge is -2.08. The highest BCUT2D eigenvalue weighted by atomic mass is 19.1. The standard InChI is InChI=1S/C23H23FN4O2/c1-16(2)26-22(30)14-25-21(29)13-10-18-15-28(20-6-4-3-5-7-20)27-23(18)17-8-11-19(24)12-9-17/h3-13,15-16H,14H2,1-2H3,(H,25,29)(H,26,30)/b13-10+. The van der Waals surface area contributed by atoms with E-state index in [0.717, 1.165) is 11.3 Å². The first-order chi connectivity index (χ1) is 14.4. The molecule has 3 rings (SSSR count). The molecule has 0 bridgehead atoms. The zero-order valence-corrected chi connectivity index (χ0v) is 16.8. The molecule has 1 heterocycles. The van der Waals surface area contributed by atoms with Gasteiger partial charge in [-0.2, -0.15) is 5.10 Å². The van der Waals surface area contributed by atoms with Crippen LogP contribution in [-0.4, -0.2) is 34.2 Å². The van der Waals surface area contributed by atoms with Crippen LogP contribution >= 0.6 is 0 Å². The summed E-state index contributed by atoms with van der Waals surface area (Å²) in [4.78, 5) is 23.8. The summed E-state index contributed by atoms with van der Waals surface area (Å²) in [6.45, 7) is 3.59. The van der Waals surface area contributed by atoms with Crippen LogP contribution in [0.15, 0.2) is 66.9 Å². The summed E-state index contributed by atoms with van der Waals surface area (Å²) in [5, 5.41) is 9.87. The first kappa shape index (κ1) is 21.0. The van der Waals surface area contributed by atoms with E-state index >= 15 is 0 Å². The van der Waals surface area contributed by atoms with Crippen molar-refractivity contribution in [1.29, 1.82) is 0 Å². The molecule has 0 saturated carbocycles. The molecule has 0 aliphatic rings. The van der Waals surface area contributed by atoms with Gasteiger partial charge in [-0.05, 0) is 56.3 Å². The third-order valence-corrected chi connectivity index (χ3v) is 4.17. The lowest BCUT2D eigenvalue weighted by Crippen LogP contribution is -2.39. The SMILES string of the molecule is CC(C)NC(=O)CNC(=O)/C=C/c1cn(-c2ccccc2)nc1-c1ccc(F)cc1. The molecule has 2 amide bonds. The molecule has 0 spiro atoms. The number of rotatable bonds is 7. The summed E-state index contributed by atoms with van der Waals surface area (Å²) in [7, 11) is 0. The van der Waals surface area contributed by atoms with Crippen molar-refractivity contribution < 1.29 is 14.0 Å². The molecule has 0 aliphatic carbocycles. The molecule has 2 aromatic carbocycles. The van der Waals surface area contributed by atoms with Gasteiger partial charge < -0.3 is 10.6 Å². The zero-order chi connectivity index (χ0) is 21.5.